The lowest BCUT2D eigenvalue weighted by atomic mass is 9.72. The van der Waals surface area contributed by atoms with Crippen LogP contribution in [0.1, 0.15) is 43.4 Å². The molecule has 0 aliphatic carbocycles. The van der Waals surface area contributed by atoms with Gasteiger partial charge in [0.15, 0.2) is 0 Å². The molecule has 5 heteroatoms. The number of thiophene rings is 1. The first-order chi connectivity index (χ1) is 10.9. The molecule has 2 unspecified atom stereocenters. The van der Waals surface area contributed by atoms with Crippen LogP contribution in [-0.4, -0.2) is 13.1 Å². The minimum atomic E-state index is -0.335. The van der Waals surface area contributed by atoms with E-state index < -0.39 is 0 Å². The van der Waals surface area contributed by atoms with Gasteiger partial charge in [-0.2, -0.15) is 0 Å². The van der Waals surface area contributed by atoms with Crippen LogP contribution in [0.15, 0.2) is 35.7 Å². The number of rotatable bonds is 3. The van der Waals surface area contributed by atoms with E-state index >= 15 is 0 Å². The van der Waals surface area contributed by atoms with Gasteiger partial charge in [0, 0.05) is 28.5 Å². The number of carbonyl (C=O) groups is 1. The fourth-order valence-electron chi connectivity index (χ4n) is 3.18. The number of fused-ring (bicyclic) bond motifs is 1. The lowest BCUT2D eigenvalue weighted by molar-refractivity contribution is -0.154. The highest BCUT2D eigenvalue weighted by Gasteiger charge is 2.46. The molecule has 0 bridgehead atoms. The number of ether oxygens (including phenoxy) is 2. The van der Waals surface area contributed by atoms with Crippen LogP contribution in [0, 0.1) is 5.41 Å². The predicted octanol–water partition coefficient (Wildman–Crippen LogP) is 4.55. The highest BCUT2D eigenvalue weighted by molar-refractivity contribution is 7.10. The summed E-state index contributed by atoms with van der Waals surface area (Å²) < 4.78 is 11.1. The lowest BCUT2D eigenvalue weighted by Crippen LogP contribution is -2.40. The van der Waals surface area contributed by atoms with Gasteiger partial charge >= 0.3 is 5.97 Å². The monoisotopic (exact) mass is 331 g/mol. The predicted molar refractivity (Wildman–Crippen MR) is 92.0 cm³/mol. The molecule has 2 heterocycles. The van der Waals surface area contributed by atoms with Crippen LogP contribution in [0.4, 0.5) is 5.69 Å². The summed E-state index contributed by atoms with van der Waals surface area (Å²) in [6.07, 6.45) is -0.335. The van der Waals surface area contributed by atoms with Crippen molar-refractivity contribution in [2.45, 2.75) is 32.9 Å². The van der Waals surface area contributed by atoms with Crippen molar-refractivity contribution >= 4 is 23.0 Å². The van der Waals surface area contributed by atoms with Crippen LogP contribution in [0.5, 0.6) is 5.75 Å². The van der Waals surface area contributed by atoms with Crippen molar-refractivity contribution in [2.75, 3.05) is 12.4 Å². The van der Waals surface area contributed by atoms with Crippen LogP contribution in [0.25, 0.3) is 0 Å². The van der Waals surface area contributed by atoms with E-state index in [4.69, 9.17) is 9.47 Å². The molecule has 2 atom stereocenters. The Morgan fingerprint density at radius 3 is 2.70 bits per heavy atom. The van der Waals surface area contributed by atoms with Crippen molar-refractivity contribution in [1.29, 1.82) is 0 Å². The van der Waals surface area contributed by atoms with E-state index in [9.17, 15) is 4.79 Å². The van der Waals surface area contributed by atoms with Crippen LogP contribution in [0.3, 0.4) is 0 Å². The van der Waals surface area contributed by atoms with Gasteiger partial charge in [-0.05, 0) is 29.6 Å². The van der Waals surface area contributed by atoms with E-state index in [1.54, 1.807) is 18.4 Å². The Hall–Kier alpha value is -2.01. The number of methoxy groups -OCH3 is 1. The molecular weight excluding hydrogens is 310 g/mol. The molecule has 122 valence electrons. The Morgan fingerprint density at radius 2 is 2.09 bits per heavy atom. The molecule has 0 saturated heterocycles. The minimum absolute atomic E-state index is 0.0766. The Balaban J connectivity index is 2.11. The minimum Gasteiger partial charge on any atom is -0.497 e. The molecule has 0 radical (unpaired) electrons. The molecule has 1 aromatic carbocycles. The number of hydrogen-bond donors (Lipinski definition) is 1. The molecule has 1 aliphatic heterocycles. The van der Waals surface area contributed by atoms with Crippen LogP contribution < -0.4 is 10.1 Å². The molecular formula is C18H21NO3S. The summed E-state index contributed by atoms with van der Waals surface area (Å²) in [5, 5.41) is 5.67. The number of esters is 1. The highest BCUT2D eigenvalue weighted by atomic mass is 32.1. The van der Waals surface area contributed by atoms with Gasteiger partial charge in [0.25, 0.3) is 0 Å². The Bertz CT molecular complexity index is 709. The molecule has 3 rings (SSSR count). The van der Waals surface area contributed by atoms with Crippen molar-refractivity contribution in [3.63, 3.8) is 0 Å². The average Bonchev–Trinajstić information content (AvgIpc) is 3.03. The Morgan fingerprint density at radius 1 is 1.30 bits per heavy atom. The second-order valence-corrected chi connectivity index (χ2v) is 7.34. The van der Waals surface area contributed by atoms with Gasteiger partial charge in [0.1, 0.15) is 11.9 Å². The number of hydrogen-bond acceptors (Lipinski definition) is 5. The van der Waals surface area contributed by atoms with Crippen LogP contribution in [-0.2, 0) is 9.53 Å². The van der Waals surface area contributed by atoms with E-state index in [1.165, 1.54) is 11.8 Å². The second-order valence-electron chi connectivity index (χ2n) is 6.36. The van der Waals surface area contributed by atoms with Crippen LogP contribution >= 0.6 is 11.3 Å². The molecule has 0 spiro atoms. The molecule has 23 heavy (non-hydrogen) atoms. The van der Waals surface area contributed by atoms with E-state index in [-0.39, 0.29) is 23.5 Å². The van der Waals surface area contributed by atoms with Gasteiger partial charge in [-0.3, -0.25) is 4.79 Å². The third kappa shape index (κ3) is 2.81. The topological polar surface area (TPSA) is 47.6 Å². The summed E-state index contributed by atoms with van der Waals surface area (Å²) in [4.78, 5) is 12.9. The van der Waals surface area contributed by atoms with Gasteiger partial charge in [-0.25, -0.2) is 0 Å². The normalized spacial score (nSPS) is 21.9. The second kappa shape index (κ2) is 5.89. The largest absolute Gasteiger partial charge is 0.497 e. The third-order valence-corrected chi connectivity index (χ3v) is 5.31. The smallest absolute Gasteiger partial charge is 0.303 e. The zero-order valence-corrected chi connectivity index (χ0v) is 14.6. The maximum Gasteiger partial charge on any atom is 0.303 e. The first-order valence-corrected chi connectivity index (χ1v) is 8.46. The van der Waals surface area contributed by atoms with Gasteiger partial charge in [-0.1, -0.05) is 19.9 Å². The van der Waals surface area contributed by atoms with Gasteiger partial charge < -0.3 is 14.8 Å². The molecule has 4 nitrogen and oxygen atoms in total. The fourth-order valence-corrected chi connectivity index (χ4v) is 4.15. The van der Waals surface area contributed by atoms with E-state index in [0.717, 1.165) is 17.0 Å². The van der Waals surface area contributed by atoms with E-state index in [2.05, 4.69) is 30.6 Å². The van der Waals surface area contributed by atoms with Crippen molar-refractivity contribution in [2.24, 2.45) is 5.41 Å². The quantitative estimate of drug-likeness (QED) is 0.838. The fraction of sp³-hybridized carbons (Fsp3) is 0.389. The van der Waals surface area contributed by atoms with Crippen molar-refractivity contribution < 1.29 is 14.3 Å². The first-order valence-electron chi connectivity index (χ1n) is 7.58. The van der Waals surface area contributed by atoms with E-state index in [0.29, 0.717) is 0 Å². The SMILES string of the molecule is COc1ccc2c(c1)C(OC(C)=O)C(C)(C)C(c1cccs1)N2. The van der Waals surface area contributed by atoms with Gasteiger partial charge in [-0.15, -0.1) is 11.3 Å². The summed E-state index contributed by atoms with van der Waals surface area (Å²) in [7, 11) is 1.64. The molecule has 1 aliphatic rings. The zero-order valence-electron chi connectivity index (χ0n) is 13.8. The molecule has 0 amide bonds. The van der Waals surface area contributed by atoms with E-state index in [1.807, 2.05) is 24.3 Å². The average molecular weight is 331 g/mol. The number of anilines is 1. The van der Waals surface area contributed by atoms with Gasteiger partial charge in [0.05, 0.1) is 13.2 Å². The maximum absolute atomic E-state index is 11.7. The standard InChI is InChI=1S/C18H21NO3S/c1-11(20)22-17-13-10-12(21-4)7-8-14(13)19-16(18(17,2)3)15-6-5-9-23-15/h5-10,16-17,19H,1-4H3. The first kappa shape index (κ1) is 15.9. The Kier molecular flexibility index (Phi) is 4.06. The lowest BCUT2D eigenvalue weighted by Gasteiger charge is -2.45. The zero-order chi connectivity index (χ0) is 16.6. The molecule has 0 saturated carbocycles. The summed E-state index contributed by atoms with van der Waals surface area (Å²) in [6, 6.07) is 10.1. The molecule has 2 aromatic rings. The molecule has 1 aromatic heterocycles. The highest BCUT2D eigenvalue weighted by Crippen LogP contribution is 2.54. The molecule has 1 N–H and O–H groups in total. The van der Waals surface area contributed by atoms with Crippen molar-refractivity contribution in [3.05, 3.63) is 46.2 Å². The number of nitrogens with one attached hydrogen (secondary N) is 1. The summed E-state index contributed by atoms with van der Waals surface area (Å²) >= 11 is 1.71. The summed E-state index contributed by atoms with van der Waals surface area (Å²) in [6.45, 7) is 5.71. The molecule has 0 fully saturated rings. The number of benzene rings is 1. The van der Waals surface area contributed by atoms with Crippen molar-refractivity contribution in [3.8, 4) is 5.75 Å². The third-order valence-electron chi connectivity index (χ3n) is 4.37. The Labute approximate surface area is 140 Å². The van der Waals surface area contributed by atoms with Gasteiger partial charge in [0.2, 0.25) is 0 Å². The number of carbonyl (C=O) groups excluding carboxylic acids is 1. The van der Waals surface area contributed by atoms with Crippen molar-refractivity contribution in [1.82, 2.24) is 0 Å². The summed E-state index contributed by atoms with van der Waals surface area (Å²) in [5.41, 5.74) is 1.64. The summed E-state index contributed by atoms with van der Waals surface area (Å²) in [5.74, 6) is 0.483. The van der Waals surface area contributed by atoms with Crippen LogP contribution in [0.2, 0.25) is 0 Å². The maximum atomic E-state index is 11.7.